The number of benzene rings is 3. The fourth-order valence-electron chi connectivity index (χ4n) is 2.93. The van der Waals surface area contributed by atoms with Gasteiger partial charge >= 0.3 is 0 Å². The molecule has 31 heavy (non-hydrogen) atoms. The van der Waals surface area contributed by atoms with Gasteiger partial charge in [0.2, 0.25) is 12.7 Å². The lowest BCUT2D eigenvalue weighted by Crippen LogP contribution is -2.13. The van der Waals surface area contributed by atoms with Gasteiger partial charge in [0, 0.05) is 17.5 Å². The molecule has 8 heteroatoms. The van der Waals surface area contributed by atoms with Gasteiger partial charge in [0.05, 0.1) is 4.90 Å². The number of hydrogen-bond acceptors (Lipinski definition) is 5. The smallest absolute Gasteiger partial charge is 0.261 e. The Morgan fingerprint density at radius 3 is 2.32 bits per heavy atom. The molecule has 4 rings (SSSR count). The van der Waals surface area contributed by atoms with Gasteiger partial charge in [-0.1, -0.05) is 23.8 Å². The van der Waals surface area contributed by atoms with Crippen molar-refractivity contribution in [2.75, 3.05) is 16.8 Å². The predicted octanol–water partition coefficient (Wildman–Crippen LogP) is 4.18. The molecule has 0 saturated carbocycles. The van der Waals surface area contributed by atoms with Crippen LogP contribution in [0.15, 0.2) is 77.7 Å². The molecule has 3 aromatic rings. The summed E-state index contributed by atoms with van der Waals surface area (Å²) in [6.07, 6.45) is 3.04. The Labute approximate surface area is 180 Å². The largest absolute Gasteiger partial charge is 0.454 e. The van der Waals surface area contributed by atoms with Gasteiger partial charge in [-0.25, -0.2) is 8.42 Å². The molecule has 1 aliphatic rings. The van der Waals surface area contributed by atoms with Crippen LogP contribution in [0, 0.1) is 6.92 Å². The predicted molar refractivity (Wildman–Crippen MR) is 119 cm³/mol. The average molecular weight is 436 g/mol. The molecule has 2 N–H and O–H groups in total. The van der Waals surface area contributed by atoms with E-state index < -0.39 is 10.0 Å². The fraction of sp³-hybridized carbons (Fsp3) is 0.0870. The molecule has 0 unspecified atom stereocenters. The third-order valence-electron chi connectivity index (χ3n) is 4.56. The number of anilines is 2. The van der Waals surface area contributed by atoms with E-state index in [9.17, 15) is 13.2 Å². The van der Waals surface area contributed by atoms with E-state index in [1.54, 1.807) is 30.3 Å². The van der Waals surface area contributed by atoms with E-state index in [1.165, 1.54) is 30.3 Å². The van der Waals surface area contributed by atoms with E-state index in [2.05, 4.69) is 10.0 Å². The maximum atomic E-state index is 12.5. The normalized spacial score (nSPS) is 12.7. The highest BCUT2D eigenvalue weighted by Crippen LogP contribution is 2.32. The molecule has 158 valence electrons. The summed E-state index contributed by atoms with van der Waals surface area (Å²) < 4.78 is 38.2. The van der Waals surface area contributed by atoms with Crippen molar-refractivity contribution < 1.29 is 22.7 Å². The highest BCUT2D eigenvalue weighted by atomic mass is 32.2. The third-order valence-corrected chi connectivity index (χ3v) is 5.96. The molecule has 0 saturated heterocycles. The zero-order valence-corrected chi connectivity index (χ0v) is 17.5. The number of fused-ring (bicyclic) bond motifs is 1. The highest BCUT2D eigenvalue weighted by molar-refractivity contribution is 7.92. The second-order valence-electron chi connectivity index (χ2n) is 6.93. The average Bonchev–Trinajstić information content (AvgIpc) is 3.22. The first-order chi connectivity index (χ1) is 14.9. The summed E-state index contributed by atoms with van der Waals surface area (Å²) in [6, 6.07) is 18.4. The lowest BCUT2D eigenvalue weighted by Gasteiger charge is -2.09. The van der Waals surface area contributed by atoms with Crippen molar-refractivity contribution in [2.45, 2.75) is 11.8 Å². The highest BCUT2D eigenvalue weighted by Gasteiger charge is 2.14. The maximum absolute atomic E-state index is 12.5. The van der Waals surface area contributed by atoms with Gasteiger partial charge in [0.15, 0.2) is 11.5 Å². The molecule has 0 aliphatic carbocycles. The SMILES string of the molecule is Cc1ccc(NS(=O)(=O)c2ccc(NC(=O)C=Cc3ccc4c(c3)OCO4)cc2)cc1. The molecular weight excluding hydrogens is 416 g/mol. The quantitative estimate of drug-likeness (QED) is 0.566. The summed E-state index contributed by atoms with van der Waals surface area (Å²) in [7, 11) is -3.72. The van der Waals surface area contributed by atoms with Crippen LogP contribution >= 0.6 is 0 Å². The molecular formula is C23H20N2O5S. The Balaban J connectivity index is 1.38. The first-order valence-electron chi connectivity index (χ1n) is 9.47. The summed E-state index contributed by atoms with van der Waals surface area (Å²) in [5.74, 6) is 0.971. The summed E-state index contributed by atoms with van der Waals surface area (Å²) >= 11 is 0. The van der Waals surface area contributed by atoms with Crippen molar-refractivity contribution >= 4 is 33.4 Å². The van der Waals surface area contributed by atoms with Crippen LogP contribution in [0.5, 0.6) is 11.5 Å². The minimum Gasteiger partial charge on any atom is -0.454 e. The molecule has 3 aromatic carbocycles. The van der Waals surface area contributed by atoms with Gasteiger partial charge in [0.25, 0.3) is 10.0 Å². The number of rotatable bonds is 6. The van der Waals surface area contributed by atoms with Crippen molar-refractivity contribution in [1.82, 2.24) is 0 Å². The number of carbonyl (C=O) groups is 1. The van der Waals surface area contributed by atoms with Crippen LogP contribution in [0.3, 0.4) is 0 Å². The van der Waals surface area contributed by atoms with Crippen LogP contribution < -0.4 is 19.5 Å². The Morgan fingerprint density at radius 1 is 0.903 bits per heavy atom. The van der Waals surface area contributed by atoms with Crippen LogP contribution in [0.2, 0.25) is 0 Å². The van der Waals surface area contributed by atoms with E-state index >= 15 is 0 Å². The summed E-state index contributed by atoms with van der Waals surface area (Å²) in [4.78, 5) is 12.3. The molecule has 1 aliphatic heterocycles. The summed E-state index contributed by atoms with van der Waals surface area (Å²) in [5, 5.41) is 2.70. The molecule has 1 amide bonds. The monoisotopic (exact) mass is 436 g/mol. The van der Waals surface area contributed by atoms with E-state index in [1.807, 2.05) is 25.1 Å². The lowest BCUT2D eigenvalue weighted by atomic mass is 10.2. The first-order valence-corrected chi connectivity index (χ1v) is 11.0. The Morgan fingerprint density at radius 2 is 1.58 bits per heavy atom. The Hall–Kier alpha value is -3.78. The van der Waals surface area contributed by atoms with Gasteiger partial charge in [-0.2, -0.15) is 0 Å². The number of amides is 1. The van der Waals surface area contributed by atoms with Crippen LogP contribution in [-0.4, -0.2) is 21.1 Å². The minimum absolute atomic E-state index is 0.0991. The van der Waals surface area contributed by atoms with Crippen molar-refractivity contribution in [3.63, 3.8) is 0 Å². The lowest BCUT2D eigenvalue weighted by molar-refractivity contribution is -0.111. The van der Waals surface area contributed by atoms with Gasteiger partial charge < -0.3 is 14.8 Å². The molecule has 1 heterocycles. The second kappa shape index (κ2) is 8.53. The van der Waals surface area contributed by atoms with E-state index in [0.29, 0.717) is 22.9 Å². The topological polar surface area (TPSA) is 93.7 Å². The molecule has 0 fully saturated rings. The van der Waals surface area contributed by atoms with Gasteiger partial charge in [0.1, 0.15) is 0 Å². The molecule has 0 spiro atoms. The number of ether oxygens (including phenoxy) is 2. The van der Waals surface area contributed by atoms with Gasteiger partial charge in [-0.15, -0.1) is 0 Å². The number of aryl methyl sites for hydroxylation is 1. The molecule has 0 aromatic heterocycles. The van der Waals surface area contributed by atoms with Crippen LogP contribution in [0.1, 0.15) is 11.1 Å². The third kappa shape index (κ3) is 5.04. The van der Waals surface area contributed by atoms with E-state index in [0.717, 1.165) is 11.1 Å². The Kier molecular flexibility index (Phi) is 5.64. The summed E-state index contributed by atoms with van der Waals surface area (Å²) in [5.41, 5.74) is 2.80. The number of nitrogens with one attached hydrogen (secondary N) is 2. The van der Waals surface area contributed by atoms with Crippen molar-refractivity contribution in [3.05, 3.63) is 83.9 Å². The van der Waals surface area contributed by atoms with E-state index in [-0.39, 0.29) is 17.6 Å². The van der Waals surface area contributed by atoms with Crippen molar-refractivity contribution in [1.29, 1.82) is 0 Å². The molecule has 0 radical (unpaired) electrons. The zero-order chi connectivity index (χ0) is 21.8. The van der Waals surface area contributed by atoms with E-state index in [4.69, 9.17) is 9.47 Å². The van der Waals surface area contributed by atoms with Crippen LogP contribution in [0.4, 0.5) is 11.4 Å². The number of hydrogen-bond donors (Lipinski definition) is 2. The minimum atomic E-state index is -3.72. The van der Waals surface area contributed by atoms with Gasteiger partial charge in [-0.3, -0.25) is 9.52 Å². The van der Waals surface area contributed by atoms with Crippen molar-refractivity contribution in [3.8, 4) is 11.5 Å². The fourth-order valence-corrected chi connectivity index (χ4v) is 3.98. The molecule has 0 bridgehead atoms. The molecule has 0 atom stereocenters. The van der Waals surface area contributed by atoms with Crippen molar-refractivity contribution in [2.24, 2.45) is 0 Å². The van der Waals surface area contributed by atoms with Gasteiger partial charge in [-0.05, 0) is 67.1 Å². The summed E-state index contributed by atoms with van der Waals surface area (Å²) in [6.45, 7) is 2.12. The number of sulfonamides is 1. The maximum Gasteiger partial charge on any atom is 0.261 e. The zero-order valence-electron chi connectivity index (χ0n) is 16.7. The second-order valence-corrected chi connectivity index (χ2v) is 8.61. The number of carbonyl (C=O) groups excluding carboxylic acids is 1. The Bertz CT molecular complexity index is 1230. The van der Waals surface area contributed by atoms with Crippen LogP contribution in [-0.2, 0) is 14.8 Å². The van der Waals surface area contributed by atoms with Crippen LogP contribution in [0.25, 0.3) is 6.08 Å². The molecule has 7 nitrogen and oxygen atoms in total. The standard InChI is InChI=1S/C23H20N2O5S/c1-16-2-6-19(7-3-16)25-31(27,28)20-10-8-18(9-11-20)24-23(26)13-5-17-4-12-21-22(14-17)30-15-29-21/h2-14,25H,15H2,1H3,(H,24,26). The first kappa shape index (κ1) is 20.5.